The first kappa shape index (κ1) is 17.0. The third kappa shape index (κ3) is 3.43. The monoisotopic (exact) mass is 374 g/mol. The van der Waals surface area contributed by atoms with Gasteiger partial charge in [-0.1, -0.05) is 29.8 Å². The number of para-hydroxylation sites is 3. The number of hydrogen-bond donors (Lipinski definition) is 1. The van der Waals surface area contributed by atoms with E-state index in [0.29, 0.717) is 35.4 Å². The number of anilines is 2. The average molecular weight is 375 g/mol. The van der Waals surface area contributed by atoms with Gasteiger partial charge in [-0.2, -0.15) is 0 Å². The number of nitrogens with one attached hydrogen (secondary N) is 1. The highest BCUT2D eigenvalue weighted by Crippen LogP contribution is 2.35. The number of fused-ring (bicyclic) bond motifs is 1. The van der Waals surface area contributed by atoms with Crippen LogP contribution in [0, 0.1) is 0 Å². The Bertz CT molecular complexity index is 808. The van der Waals surface area contributed by atoms with E-state index in [-0.39, 0.29) is 12.5 Å². The van der Waals surface area contributed by atoms with Crippen molar-refractivity contribution in [2.24, 2.45) is 0 Å². The van der Waals surface area contributed by atoms with E-state index in [0.717, 1.165) is 18.8 Å². The van der Waals surface area contributed by atoms with E-state index in [2.05, 4.69) is 10.2 Å². The number of morpholine rings is 1. The summed E-state index contributed by atoms with van der Waals surface area (Å²) in [7, 11) is 0. The fraction of sp³-hybridized carbons (Fsp3) is 0.316. The topological polar surface area (TPSA) is 60.0 Å². The van der Waals surface area contributed by atoms with E-state index >= 15 is 0 Å². The average Bonchev–Trinajstić information content (AvgIpc) is 2.68. The zero-order valence-corrected chi connectivity index (χ0v) is 14.9. The fourth-order valence-corrected chi connectivity index (χ4v) is 3.38. The number of nitrogens with zero attached hydrogens (tertiary/aromatic N) is 1. The lowest BCUT2D eigenvalue weighted by Gasteiger charge is -2.32. The van der Waals surface area contributed by atoms with Crippen LogP contribution >= 0.6 is 11.6 Å². The molecule has 0 saturated carbocycles. The summed E-state index contributed by atoms with van der Waals surface area (Å²) in [6, 6.07) is 12.8. The SMILES string of the molecule is O=C(Nc1cccc(Cl)c1N1CCOCC1)C1COc2ccccc2O1. The van der Waals surface area contributed by atoms with Crippen molar-refractivity contribution in [3.63, 3.8) is 0 Å². The van der Waals surface area contributed by atoms with E-state index in [1.165, 1.54) is 0 Å². The normalized spacial score (nSPS) is 19.1. The van der Waals surface area contributed by atoms with Gasteiger partial charge in [0.2, 0.25) is 6.10 Å². The Morgan fingerprint density at radius 3 is 2.65 bits per heavy atom. The molecular weight excluding hydrogens is 356 g/mol. The van der Waals surface area contributed by atoms with Crippen molar-refractivity contribution in [3.8, 4) is 11.5 Å². The predicted octanol–water partition coefficient (Wildman–Crippen LogP) is 2.96. The van der Waals surface area contributed by atoms with Crippen LogP contribution < -0.4 is 19.7 Å². The van der Waals surface area contributed by atoms with Crippen molar-refractivity contribution in [2.75, 3.05) is 43.1 Å². The van der Waals surface area contributed by atoms with Crippen molar-refractivity contribution in [1.82, 2.24) is 0 Å². The van der Waals surface area contributed by atoms with Gasteiger partial charge in [0.15, 0.2) is 11.5 Å². The second-order valence-corrected chi connectivity index (χ2v) is 6.50. The minimum atomic E-state index is -0.721. The second-order valence-electron chi connectivity index (χ2n) is 6.09. The molecular formula is C19H19ClN2O4. The number of benzene rings is 2. The maximum atomic E-state index is 12.7. The van der Waals surface area contributed by atoms with E-state index in [9.17, 15) is 4.79 Å². The standard InChI is InChI=1S/C19H19ClN2O4/c20-13-4-3-5-14(18(13)22-8-10-24-11-9-22)21-19(23)17-12-25-15-6-1-2-7-16(15)26-17/h1-7,17H,8-12H2,(H,21,23). The molecule has 6 nitrogen and oxygen atoms in total. The first-order valence-electron chi connectivity index (χ1n) is 8.53. The second kappa shape index (κ2) is 7.43. The van der Waals surface area contributed by atoms with Gasteiger partial charge in [-0.3, -0.25) is 4.79 Å². The Kier molecular flexibility index (Phi) is 4.86. The quantitative estimate of drug-likeness (QED) is 0.895. The lowest BCUT2D eigenvalue weighted by Crippen LogP contribution is -2.41. The van der Waals surface area contributed by atoms with E-state index < -0.39 is 6.10 Å². The Balaban J connectivity index is 1.52. The van der Waals surface area contributed by atoms with Crippen molar-refractivity contribution >= 4 is 28.9 Å². The van der Waals surface area contributed by atoms with Crippen LogP contribution in [0.5, 0.6) is 11.5 Å². The van der Waals surface area contributed by atoms with Gasteiger partial charge < -0.3 is 24.4 Å². The summed E-state index contributed by atoms with van der Waals surface area (Å²) < 4.78 is 16.8. The summed E-state index contributed by atoms with van der Waals surface area (Å²) in [4.78, 5) is 14.8. The molecule has 0 radical (unpaired) electrons. The maximum Gasteiger partial charge on any atom is 0.269 e. The molecule has 2 aromatic rings. The van der Waals surface area contributed by atoms with Gasteiger partial charge in [0.25, 0.3) is 5.91 Å². The molecule has 0 bridgehead atoms. The lowest BCUT2D eigenvalue weighted by molar-refractivity contribution is -0.125. The number of amides is 1. The summed E-state index contributed by atoms with van der Waals surface area (Å²) in [5.41, 5.74) is 1.47. The molecule has 2 aliphatic heterocycles. The molecule has 0 aliphatic carbocycles. The van der Waals surface area contributed by atoms with Gasteiger partial charge in [0.05, 0.1) is 29.6 Å². The van der Waals surface area contributed by atoms with E-state index in [1.54, 1.807) is 6.07 Å². The minimum absolute atomic E-state index is 0.163. The van der Waals surface area contributed by atoms with Crippen LogP contribution in [0.25, 0.3) is 0 Å². The van der Waals surface area contributed by atoms with Gasteiger partial charge in [0, 0.05) is 13.1 Å². The number of carbonyl (C=O) groups is 1. The summed E-state index contributed by atoms with van der Waals surface area (Å²) >= 11 is 6.41. The number of rotatable bonds is 3. The van der Waals surface area contributed by atoms with Crippen LogP contribution in [0.1, 0.15) is 0 Å². The van der Waals surface area contributed by atoms with Gasteiger partial charge in [-0.05, 0) is 24.3 Å². The highest BCUT2D eigenvalue weighted by atomic mass is 35.5. The Morgan fingerprint density at radius 2 is 1.85 bits per heavy atom. The summed E-state index contributed by atoms with van der Waals surface area (Å²) in [6.07, 6.45) is -0.721. The van der Waals surface area contributed by atoms with Crippen molar-refractivity contribution in [2.45, 2.75) is 6.10 Å². The number of hydrogen-bond acceptors (Lipinski definition) is 5. The Labute approximate surface area is 156 Å². The Morgan fingerprint density at radius 1 is 1.08 bits per heavy atom. The molecule has 26 heavy (non-hydrogen) atoms. The maximum absolute atomic E-state index is 12.7. The molecule has 4 rings (SSSR count). The molecule has 1 atom stereocenters. The van der Waals surface area contributed by atoms with Gasteiger partial charge >= 0.3 is 0 Å². The number of carbonyl (C=O) groups excluding carboxylic acids is 1. The van der Waals surface area contributed by atoms with Crippen LogP contribution in [0.4, 0.5) is 11.4 Å². The largest absolute Gasteiger partial charge is 0.485 e. The Hall–Kier alpha value is -2.44. The number of halogens is 1. The molecule has 136 valence electrons. The van der Waals surface area contributed by atoms with Crippen LogP contribution in [0.3, 0.4) is 0 Å². The van der Waals surface area contributed by atoms with Crippen LogP contribution in [-0.2, 0) is 9.53 Å². The van der Waals surface area contributed by atoms with E-state index in [1.807, 2.05) is 36.4 Å². The highest BCUT2D eigenvalue weighted by molar-refractivity contribution is 6.34. The lowest BCUT2D eigenvalue weighted by atomic mass is 10.2. The molecule has 2 aromatic carbocycles. The molecule has 1 fully saturated rings. The molecule has 2 aliphatic rings. The third-order valence-corrected chi connectivity index (χ3v) is 4.68. The first-order valence-corrected chi connectivity index (χ1v) is 8.91. The molecule has 1 saturated heterocycles. The zero-order chi connectivity index (χ0) is 17.9. The van der Waals surface area contributed by atoms with Crippen molar-refractivity contribution < 1.29 is 19.0 Å². The van der Waals surface area contributed by atoms with Gasteiger partial charge in [-0.15, -0.1) is 0 Å². The van der Waals surface area contributed by atoms with Crippen LogP contribution in [0.2, 0.25) is 5.02 Å². The third-order valence-electron chi connectivity index (χ3n) is 4.37. The van der Waals surface area contributed by atoms with Crippen molar-refractivity contribution in [1.29, 1.82) is 0 Å². The number of ether oxygens (including phenoxy) is 3. The zero-order valence-electron chi connectivity index (χ0n) is 14.1. The first-order chi connectivity index (χ1) is 12.7. The van der Waals surface area contributed by atoms with Crippen molar-refractivity contribution in [3.05, 3.63) is 47.5 Å². The smallest absolute Gasteiger partial charge is 0.269 e. The summed E-state index contributed by atoms with van der Waals surface area (Å²) in [6.45, 7) is 2.88. The minimum Gasteiger partial charge on any atom is -0.485 e. The summed E-state index contributed by atoms with van der Waals surface area (Å²) in [5.74, 6) is 0.947. The summed E-state index contributed by atoms with van der Waals surface area (Å²) in [5, 5.41) is 3.53. The molecule has 1 amide bonds. The van der Waals surface area contributed by atoms with E-state index in [4.69, 9.17) is 25.8 Å². The molecule has 0 aromatic heterocycles. The fourth-order valence-electron chi connectivity index (χ4n) is 3.09. The predicted molar refractivity (Wildman–Crippen MR) is 99.5 cm³/mol. The molecule has 2 heterocycles. The van der Waals surface area contributed by atoms with Gasteiger partial charge in [-0.25, -0.2) is 0 Å². The highest BCUT2D eigenvalue weighted by Gasteiger charge is 2.28. The molecule has 7 heteroatoms. The van der Waals surface area contributed by atoms with Crippen LogP contribution in [-0.4, -0.2) is 44.9 Å². The molecule has 0 spiro atoms. The molecule has 1 unspecified atom stereocenters. The van der Waals surface area contributed by atoms with Gasteiger partial charge in [0.1, 0.15) is 6.61 Å². The van der Waals surface area contributed by atoms with Crippen LogP contribution in [0.15, 0.2) is 42.5 Å². The molecule has 1 N–H and O–H groups in total.